The van der Waals surface area contributed by atoms with E-state index in [1.165, 1.54) is 11.8 Å². The van der Waals surface area contributed by atoms with Crippen molar-refractivity contribution in [3.8, 4) is 0 Å². The third-order valence-corrected chi connectivity index (χ3v) is 3.22. The molecule has 1 amide bonds. The maximum Gasteiger partial charge on any atom is 0.236 e. The largest absolute Gasteiger partial charge is 0.360 e. The quantitative estimate of drug-likeness (QED) is 0.803. The summed E-state index contributed by atoms with van der Waals surface area (Å²) in [5, 5.41) is 18.4. The molecule has 0 fully saturated rings. The van der Waals surface area contributed by atoms with Crippen LogP contribution in [0.4, 0.5) is 5.82 Å². The Morgan fingerprint density at radius 2 is 2.35 bits per heavy atom. The zero-order valence-electron chi connectivity index (χ0n) is 11.5. The van der Waals surface area contributed by atoms with Gasteiger partial charge in [0.25, 0.3) is 0 Å². The highest BCUT2D eigenvalue weighted by Crippen LogP contribution is 2.15. The highest BCUT2D eigenvalue weighted by molar-refractivity contribution is 7.99. The second-order valence-corrected chi connectivity index (χ2v) is 5.64. The van der Waals surface area contributed by atoms with Crippen molar-refractivity contribution in [1.29, 1.82) is 0 Å². The molecule has 0 bridgehead atoms. The average molecular weight is 296 g/mol. The number of amides is 1. The van der Waals surface area contributed by atoms with Gasteiger partial charge in [-0.05, 0) is 23.3 Å². The Hall–Kier alpha value is -1.90. The van der Waals surface area contributed by atoms with Crippen LogP contribution in [0.5, 0.6) is 0 Å². The van der Waals surface area contributed by atoms with Crippen LogP contribution < -0.4 is 5.32 Å². The van der Waals surface area contributed by atoms with Crippen LogP contribution in [0.1, 0.15) is 19.6 Å². The summed E-state index contributed by atoms with van der Waals surface area (Å²) in [5.74, 6) is 1.53. The van der Waals surface area contributed by atoms with Crippen LogP contribution in [0.3, 0.4) is 0 Å². The lowest BCUT2D eigenvalue weighted by Gasteiger charge is -2.06. The van der Waals surface area contributed by atoms with E-state index >= 15 is 0 Å². The Kier molecular flexibility index (Phi) is 4.72. The number of carbonyl (C=O) groups is 1. The average Bonchev–Trinajstić information content (AvgIpc) is 2.96. The van der Waals surface area contributed by atoms with Crippen molar-refractivity contribution in [3.05, 3.63) is 11.8 Å². The molecule has 0 aromatic carbocycles. The number of hydrogen-bond donors (Lipinski definition) is 1. The number of thioether (sulfide) groups is 1. The number of hydrogen-bond acceptors (Lipinski definition) is 7. The normalized spacial score (nSPS) is 11.0. The molecule has 0 unspecified atom stereocenters. The summed E-state index contributed by atoms with van der Waals surface area (Å²) in [7, 11) is 0. The molecule has 0 saturated carbocycles. The maximum absolute atomic E-state index is 11.8. The van der Waals surface area contributed by atoms with Crippen LogP contribution >= 0.6 is 11.8 Å². The molecule has 0 spiro atoms. The molecule has 0 radical (unpaired) electrons. The third-order valence-electron chi connectivity index (χ3n) is 2.26. The number of aryl methyl sites for hydroxylation is 1. The van der Waals surface area contributed by atoms with Crippen molar-refractivity contribution in [2.24, 2.45) is 5.92 Å². The van der Waals surface area contributed by atoms with Gasteiger partial charge >= 0.3 is 0 Å². The summed E-state index contributed by atoms with van der Waals surface area (Å²) in [5.41, 5.74) is 0. The molecular weight excluding hydrogens is 280 g/mol. The first-order valence-corrected chi connectivity index (χ1v) is 7.15. The van der Waals surface area contributed by atoms with E-state index in [0.717, 1.165) is 6.54 Å². The number of tetrazole rings is 1. The fourth-order valence-electron chi connectivity index (χ4n) is 1.49. The summed E-state index contributed by atoms with van der Waals surface area (Å²) in [4.78, 5) is 11.8. The van der Waals surface area contributed by atoms with Gasteiger partial charge in [-0.2, -0.15) is 0 Å². The first-order chi connectivity index (χ1) is 9.54. The first kappa shape index (κ1) is 14.5. The van der Waals surface area contributed by atoms with Crippen LogP contribution in [-0.2, 0) is 11.3 Å². The van der Waals surface area contributed by atoms with Crippen molar-refractivity contribution in [2.75, 3.05) is 11.1 Å². The summed E-state index contributed by atoms with van der Waals surface area (Å²) in [6.45, 7) is 6.64. The van der Waals surface area contributed by atoms with Gasteiger partial charge in [-0.25, -0.2) is 4.68 Å². The minimum absolute atomic E-state index is 0.178. The van der Waals surface area contributed by atoms with Crippen molar-refractivity contribution < 1.29 is 9.32 Å². The zero-order valence-corrected chi connectivity index (χ0v) is 12.3. The molecular formula is C11H16N6O2S. The third kappa shape index (κ3) is 4.05. The maximum atomic E-state index is 11.8. The Labute approximate surface area is 120 Å². The molecule has 108 valence electrons. The second kappa shape index (κ2) is 6.51. The Balaban J connectivity index is 1.85. The fraction of sp³-hybridized carbons (Fsp3) is 0.545. The molecule has 2 heterocycles. The van der Waals surface area contributed by atoms with Gasteiger partial charge in [-0.15, -0.1) is 5.10 Å². The fourth-order valence-corrected chi connectivity index (χ4v) is 2.18. The molecule has 1 N–H and O–H groups in total. The molecule has 0 atom stereocenters. The van der Waals surface area contributed by atoms with Gasteiger partial charge in [-0.3, -0.25) is 4.79 Å². The van der Waals surface area contributed by atoms with E-state index in [0.29, 0.717) is 22.7 Å². The van der Waals surface area contributed by atoms with E-state index < -0.39 is 0 Å². The lowest BCUT2D eigenvalue weighted by molar-refractivity contribution is -0.113. The van der Waals surface area contributed by atoms with Gasteiger partial charge in [0.15, 0.2) is 5.82 Å². The Bertz CT molecular complexity index is 579. The monoisotopic (exact) mass is 296 g/mol. The standard InChI is InChI=1S/C11H16N6O2S/c1-7(2)5-17-11(13-15-16-17)20-6-10(18)12-9-4-8(3)19-14-9/h4,7H,5-6H2,1-3H3,(H,12,14,18). The number of carbonyl (C=O) groups excluding carboxylic acids is 1. The zero-order chi connectivity index (χ0) is 14.5. The van der Waals surface area contributed by atoms with E-state index in [2.05, 4.69) is 39.8 Å². The summed E-state index contributed by atoms with van der Waals surface area (Å²) in [6.07, 6.45) is 0. The minimum atomic E-state index is -0.178. The van der Waals surface area contributed by atoms with Gasteiger partial charge in [0.2, 0.25) is 11.1 Å². The van der Waals surface area contributed by atoms with Crippen LogP contribution in [0.2, 0.25) is 0 Å². The van der Waals surface area contributed by atoms with Crippen LogP contribution in [0.15, 0.2) is 15.7 Å². The number of aromatic nitrogens is 5. The Morgan fingerprint density at radius 1 is 1.55 bits per heavy atom. The van der Waals surface area contributed by atoms with Crippen molar-refractivity contribution in [1.82, 2.24) is 25.4 Å². The molecule has 2 rings (SSSR count). The number of anilines is 1. The molecule has 2 aromatic rings. The van der Waals surface area contributed by atoms with Crippen LogP contribution in [0, 0.1) is 12.8 Å². The van der Waals surface area contributed by atoms with Gasteiger partial charge in [0.1, 0.15) is 5.76 Å². The number of nitrogens with one attached hydrogen (secondary N) is 1. The first-order valence-electron chi connectivity index (χ1n) is 6.16. The highest BCUT2D eigenvalue weighted by Gasteiger charge is 2.12. The molecule has 0 aliphatic rings. The second-order valence-electron chi connectivity index (χ2n) is 4.70. The van der Waals surface area contributed by atoms with Crippen LogP contribution in [0.25, 0.3) is 0 Å². The molecule has 0 aliphatic heterocycles. The highest BCUT2D eigenvalue weighted by atomic mass is 32.2. The van der Waals surface area contributed by atoms with E-state index in [-0.39, 0.29) is 11.7 Å². The van der Waals surface area contributed by atoms with Crippen molar-refractivity contribution in [2.45, 2.75) is 32.5 Å². The van der Waals surface area contributed by atoms with Crippen LogP contribution in [-0.4, -0.2) is 37.0 Å². The van der Waals surface area contributed by atoms with E-state index in [4.69, 9.17) is 4.52 Å². The minimum Gasteiger partial charge on any atom is -0.360 e. The molecule has 8 nitrogen and oxygen atoms in total. The Morgan fingerprint density at radius 3 is 3.00 bits per heavy atom. The van der Waals surface area contributed by atoms with Gasteiger partial charge in [0, 0.05) is 12.6 Å². The van der Waals surface area contributed by atoms with Crippen molar-refractivity contribution >= 4 is 23.5 Å². The van der Waals surface area contributed by atoms with Crippen molar-refractivity contribution in [3.63, 3.8) is 0 Å². The van der Waals surface area contributed by atoms with E-state index in [1.54, 1.807) is 17.7 Å². The molecule has 0 saturated heterocycles. The molecule has 9 heteroatoms. The van der Waals surface area contributed by atoms with Gasteiger partial charge in [-0.1, -0.05) is 30.8 Å². The summed E-state index contributed by atoms with van der Waals surface area (Å²) in [6, 6.07) is 1.66. The topological polar surface area (TPSA) is 98.7 Å². The lowest BCUT2D eigenvalue weighted by Crippen LogP contribution is -2.15. The summed E-state index contributed by atoms with van der Waals surface area (Å²) < 4.78 is 6.57. The molecule has 2 aromatic heterocycles. The predicted octanol–water partition coefficient (Wildman–Crippen LogP) is 1.36. The lowest BCUT2D eigenvalue weighted by atomic mass is 10.2. The molecule has 20 heavy (non-hydrogen) atoms. The van der Waals surface area contributed by atoms with E-state index in [9.17, 15) is 4.79 Å². The number of rotatable bonds is 6. The predicted molar refractivity (Wildman–Crippen MR) is 73.2 cm³/mol. The van der Waals surface area contributed by atoms with Gasteiger partial charge in [0.05, 0.1) is 5.75 Å². The van der Waals surface area contributed by atoms with E-state index in [1.807, 2.05) is 0 Å². The number of nitrogens with zero attached hydrogens (tertiary/aromatic N) is 5. The molecule has 0 aliphatic carbocycles. The van der Waals surface area contributed by atoms with Gasteiger partial charge < -0.3 is 9.84 Å². The SMILES string of the molecule is Cc1cc(NC(=O)CSc2nnnn2CC(C)C)no1. The smallest absolute Gasteiger partial charge is 0.236 e. The summed E-state index contributed by atoms with van der Waals surface area (Å²) >= 11 is 1.29.